The first kappa shape index (κ1) is 15.3. The van der Waals surface area contributed by atoms with Crippen LogP contribution >= 0.6 is 0 Å². The molecule has 1 heterocycles. The first-order chi connectivity index (χ1) is 11.6. The van der Waals surface area contributed by atoms with E-state index in [0.717, 1.165) is 12.2 Å². The Morgan fingerprint density at radius 1 is 1.21 bits per heavy atom. The van der Waals surface area contributed by atoms with Crippen LogP contribution in [0.5, 0.6) is 5.75 Å². The number of nitrogens with one attached hydrogen (secondary N) is 1. The average Bonchev–Trinajstić information content (AvgIpc) is 3.27. The van der Waals surface area contributed by atoms with Crippen LogP contribution in [0.1, 0.15) is 41.9 Å². The van der Waals surface area contributed by atoms with E-state index in [0.29, 0.717) is 12.5 Å². The van der Waals surface area contributed by atoms with E-state index in [1.165, 1.54) is 16.7 Å². The van der Waals surface area contributed by atoms with Crippen molar-refractivity contribution >= 4 is 5.91 Å². The third-order valence-electron chi connectivity index (χ3n) is 5.31. The van der Waals surface area contributed by atoms with E-state index < -0.39 is 0 Å². The zero-order valence-electron chi connectivity index (χ0n) is 14.2. The zero-order chi connectivity index (χ0) is 16.7. The second-order valence-electron chi connectivity index (χ2n) is 7.12. The van der Waals surface area contributed by atoms with Gasteiger partial charge < -0.3 is 10.1 Å². The molecule has 24 heavy (non-hydrogen) atoms. The molecule has 1 N–H and O–H groups in total. The second-order valence-corrected chi connectivity index (χ2v) is 7.12. The quantitative estimate of drug-likeness (QED) is 0.930. The minimum atomic E-state index is 0.0832. The van der Waals surface area contributed by atoms with Gasteiger partial charge in [-0.2, -0.15) is 0 Å². The first-order valence-electron chi connectivity index (χ1n) is 8.72. The molecule has 1 saturated carbocycles. The van der Waals surface area contributed by atoms with E-state index in [2.05, 4.69) is 49.5 Å². The lowest BCUT2D eigenvalue weighted by Crippen LogP contribution is -2.38. The van der Waals surface area contributed by atoms with Crippen LogP contribution in [0.3, 0.4) is 0 Å². The Balaban J connectivity index is 1.39. The van der Waals surface area contributed by atoms with Gasteiger partial charge in [-0.15, -0.1) is 0 Å². The van der Waals surface area contributed by atoms with Gasteiger partial charge in [-0.25, -0.2) is 0 Å². The van der Waals surface area contributed by atoms with E-state index in [1.54, 1.807) is 0 Å². The highest BCUT2D eigenvalue weighted by molar-refractivity contribution is 5.83. The fraction of sp³-hybridized carbons (Fsp3) is 0.381. The molecule has 2 aliphatic rings. The van der Waals surface area contributed by atoms with Crippen molar-refractivity contribution in [2.45, 2.75) is 38.1 Å². The molecule has 1 amide bonds. The van der Waals surface area contributed by atoms with E-state index >= 15 is 0 Å². The minimum Gasteiger partial charge on any atom is -0.493 e. The molecule has 124 valence electrons. The first-order valence-corrected chi connectivity index (χ1v) is 8.72. The Labute approximate surface area is 143 Å². The Bertz CT molecular complexity index is 770. The van der Waals surface area contributed by atoms with Gasteiger partial charge in [0, 0.05) is 23.4 Å². The summed E-state index contributed by atoms with van der Waals surface area (Å²) in [5, 5.41) is 3.22. The number of benzene rings is 2. The van der Waals surface area contributed by atoms with E-state index in [-0.39, 0.29) is 23.8 Å². The van der Waals surface area contributed by atoms with Crippen LogP contribution in [-0.2, 0) is 4.79 Å². The van der Waals surface area contributed by atoms with Crippen LogP contribution in [0.25, 0.3) is 0 Å². The summed E-state index contributed by atoms with van der Waals surface area (Å²) in [5.74, 6) is 1.86. The molecule has 4 rings (SSSR count). The number of rotatable bonds is 4. The summed E-state index contributed by atoms with van der Waals surface area (Å²) in [6.45, 7) is 4.82. The van der Waals surface area contributed by atoms with E-state index in [9.17, 15) is 4.79 Å². The maximum absolute atomic E-state index is 12.6. The molecule has 4 atom stereocenters. The van der Waals surface area contributed by atoms with Gasteiger partial charge in [0.25, 0.3) is 0 Å². The monoisotopic (exact) mass is 321 g/mol. The second kappa shape index (κ2) is 5.97. The fourth-order valence-corrected chi connectivity index (χ4v) is 3.79. The normalized spacial score (nSPS) is 25.5. The number of carbonyl (C=O) groups is 1. The molecule has 1 aliphatic heterocycles. The molecular weight excluding hydrogens is 298 g/mol. The van der Waals surface area contributed by atoms with Crippen LogP contribution in [0.2, 0.25) is 0 Å². The van der Waals surface area contributed by atoms with Gasteiger partial charge in [0.1, 0.15) is 5.75 Å². The third kappa shape index (κ3) is 2.79. The Hall–Kier alpha value is -2.29. The molecule has 3 heteroatoms. The van der Waals surface area contributed by atoms with Crippen molar-refractivity contribution in [1.82, 2.24) is 5.32 Å². The summed E-state index contributed by atoms with van der Waals surface area (Å²) < 4.78 is 5.74. The molecule has 1 aliphatic carbocycles. The van der Waals surface area contributed by atoms with Gasteiger partial charge in [-0.3, -0.25) is 4.79 Å². The van der Waals surface area contributed by atoms with Crippen LogP contribution in [0.4, 0.5) is 0 Å². The number of amides is 1. The maximum Gasteiger partial charge on any atom is 0.223 e. The largest absolute Gasteiger partial charge is 0.493 e. The Morgan fingerprint density at radius 3 is 2.88 bits per heavy atom. The highest BCUT2D eigenvalue weighted by Gasteiger charge is 2.44. The predicted octanol–water partition coefficient (Wildman–Crippen LogP) is 3.78. The number of para-hydroxylation sites is 1. The summed E-state index contributed by atoms with van der Waals surface area (Å²) in [5.41, 5.74) is 3.75. The minimum absolute atomic E-state index is 0.0832. The Kier molecular flexibility index (Phi) is 3.79. The predicted molar refractivity (Wildman–Crippen MR) is 94.3 cm³/mol. The lowest BCUT2D eigenvalue weighted by molar-refractivity contribution is -0.123. The van der Waals surface area contributed by atoms with Crippen LogP contribution in [0.15, 0.2) is 48.5 Å². The summed E-state index contributed by atoms with van der Waals surface area (Å²) in [7, 11) is 0. The van der Waals surface area contributed by atoms with E-state index in [4.69, 9.17) is 4.74 Å². The van der Waals surface area contributed by atoms with Crippen molar-refractivity contribution < 1.29 is 9.53 Å². The lowest BCUT2D eigenvalue weighted by Gasteiger charge is -2.20. The summed E-state index contributed by atoms with van der Waals surface area (Å²) in [4.78, 5) is 12.6. The van der Waals surface area contributed by atoms with Crippen molar-refractivity contribution in [3.8, 4) is 5.75 Å². The third-order valence-corrected chi connectivity index (χ3v) is 5.31. The summed E-state index contributed by atoms with van der Waals surface area (Å²) in [6, 6.07) is 16.7. The standard InChI is InChI=1S/C21H23NO2/c1-13-6-5-7-15(10-13)17-11-18(17)21(23)22-14(2)19-12-24-20-9-4-3-8-16(19)20/h3-10,14,17-19H,11-12H2,1-2H3,(H,22,23). The van der Waals surface area contributed by atoms with Gasteiger partial charge in [0.2, 0.25) is 5.91 Å². The summed E-state index contributed by atoms with van der Waals surface area (Å²) >= 11 is 0. The molecule has 0 saturated heterocycles. The van der Waals surface area contributed by atoms with Gasteiger partial charge in [-0.1, -0.05) is 48.0 Å². The fourth-order valence-electron chi connectivity index (χ4n) is 3.79. The van der Waals surface area contributed by atoms with Crippen LogP contribution < -0.4 is 10.1 Å². The zero-order valence-corrected chi connectivity index (χ0v) is 14.2. The van der Waals surface area contributed by atoms with Crippen molar-refractivity contribution in [2.75, 3.05) is 6.61 Å². The lowest BCUT2D eigenvalue weighted by atomic mass is 9.94. The molecule has 3 nitrogen and oxygen atoms in total. The van der Waals surface area contributed by atoms with Gasteiger partial charge in [0.05, 0.1) is 6.61 Å². The van der Waals surface area contributed by atoms with Crippen LogP contribution in [0, 0.1) is 12.8 Å². The highest BCUT2D eigenvalue weighted by atomic mass is 16.5. The molecular formula is C21H23NO2. The number of fused-ring (bicyclic) bond motifs is 1. The molecule has 2 aromatic rings. The SMILES string of the molecule is Cc1cccc(C2CC2C(=O)NC(C)C2COc3ccccc32)c1. The van der Waals surface area contributed by atoms with Crippen molar-refractivity contribution in [2.24, 2.45) is 5.92 Å². The topological polar surface area (TPSA) is 38.3 Å². The number of ether oxygens (including phenoxy) is 1. The molecule has 0 spiro atoms. The number of aryl methyl sites for hydroxylation is 1. The highest BCUT2D eigenvalue weighted by Crippen LogP contribution is 2.48. The average molecular weight is 321 g/mol. The smallest absolute Gasteiger partial charge is 0.223 e. The summed E-state index contributed by atoms with van der Waals surface area (Å²) in [6.07, 6.45) is 0.958. The molecule has 0 aromatic heterocycles. The van der Waals surface area contributed by atoms with Gasteiger partial charge in [-0.05, 0) is 37.8 Å². The van der Waals surface area contributed by atoms with Crippen LogP contribution in [-0.4, -0.2) is 18.6 Å². The van der Waals surface area contributed by atoms with Crippen molar-refractivity contribution in [1.29, 1.82) is 0 Å². The van der Waals surface area contributed by atoms with Crippen molar-refractivity contribution in [3.63, 3.8) is 0 Å². The molecule has 1 fully saturated rings. The van der Waals surface area contributed by atoms with E-state index in [1.807, 2.05) is 18.2 Å². The number of carbonyl (C=O) groups excluding carboxylic acids is 1. The maximum atomic E-state index is 12.6. The molecule has 4 unspecified atom stereocenters. The molecule has 0 radical (unpaired) electrons. The number of hydrogen-bond donors (Lipinski definition) is 1. The molecule has 0 bridgehead atoms. The van der Waals surface area contributed by atoms with Gasteiger partial charge >= 0.3 is 0 Å². The Morgan fingerprint density at radius 2 is 2.04 bits per heavy atom. The van der Waals surface area contributed by atoms with Crippen molar-refractivity contribution in [3.05, 3.63) is 65.2 Å². The number of hydrogen-bond acceptors (Lipinski definition) is 2. The molecule has 2 aromatic carbocycles. The van der Waals surface area contributed by atoms with Gasteiger partial charge in [0.15, 0.2) is 0 Å².